The number of aryl methyl sites for hydroxylation is 3. The summed E-state index contributed by atoms with van der Waals surface area (Å²) in [7, 11) is 0.605. The number of fused-ring (bicyclic) bond motifs is 2. The molecule has 2 N–H and O–H groups in total. The number of hydrogen-bond donors (Lipinski definition) is 2. The predicted octanol–water partition coefficient (Wildman–Crippen LogP) is 3.58. The molecule has 5 aromatic rings. The number of hydrogen-bond acceptors (Lipinski definition) is 4. The third kappa shape index (κ3) is 3.83. The van der Waals surface area contributed by atoms with Crippen LogP contribution in [0.1, 0.15) is 30.3 Å². The summed E-state index contributed by atoms with van der Waals surface area (Å²) in [5, 5.41) is 18.8. The highest BCUT2D eigenvalue weighted by Crippen LogP contribution is 2.29. The van der Waals surface area contributed by atoms with Crippen LogP contribution in [0.25, 0.3) is 33.5 Å². The Kier molecular flexibility index (Phi) is 5.52. The fraction of sp³-hybridized carbons (Fsp3) is 0.231. The monoisotopic (exact) mass is 438 g/mol. The van der Waals surface area contributed by atoms with Gasteiger partial charge in [-0.3, -0.25) is 0 Å². The molecule has 0 radical (unpaired) electrons. The van der Waals surface area contributed by atoms with E-state index in [9.17, 15) is 10.0 Å². The van der Waals surface area contributed by atoms with Gasteiger partial charge in [-0.2, -0.15) is 0 Å². The minimum atomic E-state index is -1.46. The summed E-state index contributed by atoms with van der Waals surface area (Å²) in [6, 6.07) is 20.0. The minimum absolute atomic E-state index is 0.488. The van der Waals surface area contributed by atoms with Crippen molar-refractivity contribution in [1.29, 1.82) is 0 Å². The van der Waals surface area contributed by atoms with Crippen LogP contribution in [0.15, 0.2) is 60.7 Å². The highest BCUT2D eigenvalue weighted by atomic mass is 16.4. The van der Waals surface area contributed by atoms with Gasteiger partial charge in [-0.1, -0.05) is 43.3 Å². The van der Waals surface area contributed by atoms with Crippen LogP contribution >= 0.6 is 0 Å². The standard InChI is InChI=1S/C26H27BN4O2/c1-4-6-24-28-21-14-11-19(26-29-25-17(2)7-5-8-22(25)30(26)3)15-23(21)31(24)16-18-9-12-20(13-10-18)27(32)33/h5,7-15,32-33H,4,6,16H2,1-3H3. The quantitative estimate of drug-likeness (QED) is 0.398. The Morgan fingerprint density at radius 2 is 1.73 bits per heavy atom. The summed E-state index contributed by atoms with van der Waals surface area (Å²) in [6.07, 6.45) is 1.90. The second-order valence-corrected chi connectivity index (χ2v) is 8.62. The third-order valence-electron chi connectivity index (χ3n) is 6.29. The SMILES string of the molecule is CCCc1nc2ccc(-c3nc4c(C)cccc4n3C)cc2n1Cc1ccc(B(O)O)cc1. The average molecular weight is 438 g/mol. The number of imidazole rings is 2. The lowest BCUT2D eigenvalue weighted by molar-refractivity contribution is 0.426. The molecular formula is C26H27BN4O2. The van der Waals surface area contributed by atoms with Crippen LogP contribution in [0.3, 0.4) is 0 Å². The molecule has 0 fully saturated rings. The van der Waals surface area contributed by atoms with Crippen LogP contribution in [0.4, 0.5) is 0 Å². The van der Waals surface area contributed by atoms with Gasteiger partial charge in [0, 0.05) is 25.6 Å². The maximum absolute atomic E-state index is 9.39. The average Bonchev–Trinajstić information content (AvgIpc) is 3.32. The lowest BCUT2D eigenvalue weighted by atomic mass is 9.80. The second kappa shape index (κ2) is 8.50. The maximum atomic E-state index is 9.39. The Labute approximate surface area is 193 Å². The predicted molar refractivity (Wildman–Crippen MR) is 134 cm³/mol. The first-order valence-corrected chi connectivity index (χ1v) is 11.3. The molecule has 0 unspecified atom stereocenters. The van der Waals surface area contributed by atoms with E-state index in [1.54, 1.807) is 12.1 Å². The van der Waals surface area contributed by atoms with E-state index in [0.717, 1.165) is 57.7 Å². The van der Waals surface area contributed by atoms with Crippen LogP contribution in [0, 0.1) is 6.92 Å². The van der Waals surface area contributed by atoms with Gasteiger partial charge in [-0.05, 0) is 54.2 Å². The maximum Gasteiger partial charge on any atom is 0.488 e. The van der Waals surface area contributed by atoms with Crippen molar-refractivity contribution >= 4 is 34.6 Å². The van der Waals surface area contributed by atoms with Crippen molar-refractivity contribution in [3.05, 3.63) is 77.6 Å². The van der Waals surface area contributed by atoms with Crippen molar-refractivity contribution in [1.82, 2.24) is 19.1 Å². The van der Waals surface area contributed by atoms with E-state index in [2.05, 4.69) is 66.4 Å². The normalized spacial score (nSPS) is 11.5. The zero-order chi connectivity index (χ0) is 23.1. The van der Waals surface area contributed by atoms with Gasteiger partial charge in [-0.15, -0.1) is 0 Å². The minimum Gasteiger partial charge on any atom is -0.423 e. The summed E-state index contributed by atoms with van der Waals surface area (Å²) in [5.74, 6) is 1.99. The second-order valence-electron chi connectivity index (χ2n) is 8.62. The zero-order valence-electron chi connectivity index (χ0n) is 19.2. The Hall–Kier alpha value is -3.42. The van der Waals surface area contributed by atoms with E-state index in [-0.39, 0.29) is 0 Å². The van der Waals surface area contributed by atoms with Gasteiger partial charge in [0.25, 0.3) is 0 Å². The summed E-state index contributed by atoms with van der Waals surface area (Å²) in [5.41, 5.74) is 8.00. The molecule has 2 aromatic heterocycles. The molecule has 0 aliphatic heterocycles. The fourth-order valence-electron chi connectivity index (χ4n) is 4.49. The Bertz CT molecular complexity index is 1450. The number of nitrogens with zero attached hydrogens (tertiary/aromatic N) is 4. The van der Waals surface area contributed by atoms with Crippen molar-refractivity contribution in [2.75, 3.05) is 0 Å². The van der Waals surface area contributed by atoms with Gasteiger partial charge in [0.2, 0.25) is 0 Å². The first-order chi connectivity index (χ1) is 16.0. The Balaban J connectivity index is 1.61. The topological polar surface area (TPSA) is 76.1 Å². The van der Waals surface area contributed by atoms with Crippen molar-refractivity contribution in [3.8, 4) is 11.4 Å². The number of benzene rings is 3. The van der Waals surface area contributed by atoms with Crippen LogP contribution in [-0.4, -0.2) is 36.3 Å². The van der Waals surface area contributed by atoms with E-state index in [0.29, 0.717) is 12.0 Å². The third-order valence-corrected chi connectivity index (χ3v) is 6.29. The van der Waals surface area contributed by atoms with E-state index < -0.39 is 7.12 Å². The highest BCUT2D eigenvalue weighted by Gasteiger charge is 2.16. The largest absolute Gasteiger partial charge is 0.488 e. The molecule has 166 valence electrons. The molecule has 3 aromatic carbocycles. The molecule has 2 heterocycles. The first kappa shape index (κ1) is 21.4. The molecule has 0 saturated carbocycles. The molecule has 0 aliphatic carbocycles. The molecular weight excluding hydrogens is 411 g/mol. The molecule has 0 atom stereocenters. The van der Waals surface area contributed by atoms with Crippen LogP contribution in [0.2, 0.25) is 0 Å². The van der Waals surface area contributed by atoms with Gasteiger partial charge < -0.3 is 19.2 Å². The molecule has 0 aliphatic rings. The molecule has 6 nitrogen and oxygen atoms in total. The molecule has 5 rings (SSSR count). The summed E-state index contributed by atoms with van der Waals surface area (Å²) < 4.78 is 4.41. The number of aromatic nitrogens is 4. The van der Waals surface area contributed by atoms with Crippen molar-refractivity contribution in [2.45, 2.75) is 33.2 Å². The van der Waals surface area contributed by atoms with Crippen LogP contribution < -0.4 is 5.46 Å². The van der Waals surface area contributed by atoms with E-state index >= 15 is 0 Å². The van der Waals surface area contributed by atoms with Gasteiger partial charge in [0.05, 0.1) is 22.1 Å². The molecule has 0 spiro atoms. The van der Waals surface area contributed by atoms with E-state index in [4.69, 9.17) is 9.97 Å². The summed E-state index contributed by atoms with van der Waals surface area (Å²) >= 11 is 0. The van der Waals surface area contributed by atoms with Gasteiger partial charge >= 0.3 is 7.12 Å². The van der Waals surface area contributed by atoms with Crippen LogP contribution in [-0.2, 0) is 20.0 Å². The van der Waals surface area contributed by atoms with Crippen molar-refractivity contribution < 1.29 is 10.0 Å². The number of rotatable bonds is 6. The Morgan fingerprint density at radius 1 is 0.939 bits per heavy atom. The fourth-order valence-corrected chi connectivity index (χ4v) is 4.49. The van der Waals surface area contributed by atoms with Crippen LogP contribution in [0.5, 0.6) is 0 Å². The van der Waals surface area contributed by atoms with Crippen molar-refractivity contribution in [3.63, 3.8) is 0 Å². The molecule has 0 bridgehead atoms. The van der Waals surface area contributed by atoms with E-state index in [1.807, 2.05) is 12.1 Å². The molecule has 33 heavy (non-hydrogen) atoms. The molecule has 7 heteroatoms. The summed E-state index contributed by atoms with van der Waals surface area (Å²) in [6.45, 7) is 4.92. The van der Waals surface area contributed by atoms with Gasteiger partial charge in [0.15, 0.2) is 0 Å². The lowest BCUT2D eigenvalue weighted by Crippen LogP contribution is -2.29. The van der Waals surface area contributed by atoms with Gasteiger partial charge in [-0.25, -0.2) is 9.97 Å². The van der Waals surface area contributed by atoms with E-state index in [1.165, 1.54) is 5.56 Å². The molecule has 0 saturated heterocycles. The highest BCUT2D eigenvalue weighted by molar-refractivity contribution is 6.58. The smallest absolute Gasteiger partial charge is 0.423 e. The van der Waals surface area contributed by atoms with Gasteiger partial charge in [0.1, 0.15) is 11.6 Å². The van der Waals surface area contributed by atoms with Crippen molar-refractivity contribution in [2.24, 2.45) is 7.05 Å². The Morgan fingerprint density at radius 3 is 2.42 bits per heavy atom. The summed E-state index contributed by atoms with van der Waals surface area (Å²) in [4.78, 5) is 9.87. The molecule has 0 amide bonds. The number of para-hydroxylation sites is 1. The lowest BCUT2D eigenvalue weighted by Gasteiger charge is -2.11. The zero-order valence-corrected chi connectivity index (χ0v) is 19.2. The first-order valence-electron chi connectivity index (χ1n) is 11.3.